The molecule has 0 amide bonds. The molecule has 0 aliphatic heterocycles. The van der Waals surface area contributed by atoms with E-state index in [1.54, 1.807) is 0 Å². The molecule has 0 heterocycles. The maximum Gasteiger partial charge on any atom is 0.0581 e. The molecule has 0 aromatic heterocycles. The van der Waals surface area contributed by atoms with Crippen LogP contribution in [0.1, 0.15) is 59.8 Å². The van der Waals surface area contributed by atoms with Gasteiger partial charge in [0.15, 0.2) is 0 Å². The minimum Gasteiger partial charge on any atom is -0.393 e. The molecule has 88 valence electrons. The van der Waals surface area contributed by atoms with Crippen LogP contribution in [0.2, 0.25) is 0 Å². The lowest BCUT2D eigenvalue weighted by molar-refractivity contribution is 0.102. The summed E-state index contributed by atoms with van der Waals surface area (Å²) in [4.78, 5) is 0. The van der Waals surface area contributed by atoms with Crippen molar-refractivity contribution < 1.29 is 5.11 Å². The summed E-state index contributed by atoms with van der Waals surface area (Å²) in [5, 5.41) is 10.3. The lowest BCUT2D eigenvalue weighted by Crippen LogP contribution is -2.17. The summed E-state index contributed by atoms with van der Waals surface area (Å²) in [5.41, 5.74) is 0.677. The Bertz CT molecular complexity index is 222. The van der Waals surface area contributed by atoms with Crippen molar-refractivity contribution in [2.45, 2.75) is 65.9 Å². The van der Waals surface area contributed by atoms with Crippen LogP contribution in [0.15, 0.2) is 0 Å². The maximum absolute atomic E-state index is 10.3. The molecule has 1 unspecified atom stereocenters. The van der Waals surface area contributed by atoms with Gasteiger partial charge < -0.3 is 5.11 Å². The van der Waals surface area contributed by atoms with Crippen LogP contribution < -0.4 is 0 Å². The second-order valence-corrected chi connectivity index (χ2v) is 6.87. The molecule has 0 aromatic carbocycles. The van der Waals surface area contributed by atoms with Crippen LogP contribution in [0.3, 0.4) is 0 Å². The molecule has 2 aliphatic rings. The molecule has 1 nitrogen and oxygen atoms in total. The van der Waals surface area contributed by atoms with Gasteiger partial charge in [-0.05, 0) is 29.1 Å². The Balaban J connectivity index is 1.90. The third-order valence-corrected chi connectivity index (χ3v) is 5.57. The predicted molar refractivity (Wildman–Crippen MR) is 63.6 cm³/mol. The molecule has 1 heteroatoms. The van der Waals surface area contributed by atoms with Crippen LogP contribution in [0.4, 0.5) is 0 Å². The third kappa shape index (κ3) is 1.73. The molecule has 0 spiro atoms. The fourth-order valence-electron chi connectivity index (χ4n) is 3.93. The number of rotatable bonds is 3. The zero-order chi connectivity index (χ0) is 11.3. The van der Waals surface area contributed by atoms with Crippen LogP contribution in [-0.2, 0) is 0 Å². The van der Waals surface area contributed by atoms with E-state index in [0.29, 0.717) is 16.7 Å². The molecule has 2 aliphatic carbocycles. The van der Waals surface area contributed by atoms with Crippen molar-refractivity contribution in [3.05, 3.63) is 0 Å². The predicted octanol–water partition coefficient (Wildman–Crippen LogP) is 3.61. The molecule has 1 atom stereocenters. The van der Waals surface area contributed by atoms with E-state index >= 15 is 0 Å². The van der Waals surface area contributed by atoms with E-state index in [2.05, 4.69) is 27.7 Å². The van der Waals surface area contributed by atoms with Gasteiger partial charge in [0.25, 0.3) is 0 Å². The summed E-state index contributed by atoms with van der Waals surface area (Å²) in [5.74, 6) is 1.33. The Morgan fingerprint density at radius 3 is 1.93 bits per heavy atom. The highest BCUT2D eigenvalue weighted by molar-refractivity contribution is 5.14. The van der Waals surface area contributed by atoms with E-state index in [0.717, 1.165) is 12.3 Å². The van der Waals surface area contributed by atoms with Crippen LogP contribution in [-0.4, -0.2) is 11.2 Å². The Morgan fingerprint density at radius 1 is 1.07 bits per heavy atom. The maximum atomic E-state index is 10.3. The molecule has 2 rings (SSSR count). The largest absolute Gasteiger partial charge is 0.393 e. The fourth-order valence-corrected chi connectivity index (χ4v) is 3.93. The van der Waals surface area contributed by atoms with Gasteiger partial charge in [-0.25, -0.2) is 0 Å². The second-order valence-electron chi connectivity index (χ2n) is 6.87. The first-order valence-electron chi connectivity index (χ1n) is 6.55. The monoisotopic (exact) mass is 210 g/mol. The van der Waals surface area contributed by atoms with Gasteiger partial charge in [-0.3, -0.25) is 0 Å². The van der Waals surface area contributed by atoms with Crippen molar-refractivity contribution in [2.24, 2.45) is 22.7 Å². The van der Waals surface area contributed by atoms with Crippen LogP contribution >= 0.6 is 0 Å². The number of hydrogen-bond acceptors (Lipinski definition) is 1. The first-order valence-corrected chi connectivity index (χ1v) is 6.55. The summed E-state index contributed by atoms with van der Waals surface area (Å²) >= 11 is 0. The molecule has 0 bridgehead atoms. The summed E-state index contributed by atoms with van der Waals surface area (Å²) in [7, 11) is 0. The third-order valence-electron chi connectivity index (χ3n) is 5.57. The molecule has 0 saturated heterocycles. The fraction of sp³-hybridized carbons (Fsp3) is 1.00. The molecule has 15 heavy (non-hydrogen) atoms. The smallest absolute Gasteiger partial charge is 0.0581 e. The Labute approximate surface area is 94.3 Å². The van der Waals surface area contributed by atoms with Gasteiger partial charge in [-0.2, -0.15) is 0 Å². The van der Waals surface area contributed by atoms with Crippen molar-refractivity contribution in [2.75, 3.05) is 0 Å². The average Bonchev–Trinajstić information content (AvgIpc) is 2.53. The Hall–Kier alpha value is -0.0400. The topological polar surface area (TPSA) is 20.2 Å². The summed E-state index contributed by atoms with van der Waals surface area (Å²) in [6.07, 6.45) is 6.47. The zero-order valence-electron chi connectivity index (χ0n) is 10.7. The molecular formula is C14H26O. The standard InChI is InChI=1S/C14H26O/c1-13(2)12(14(13,3)4)11(15)9-10-7-5-6-8-10/h10-12,15H,5-9H2,1-4H3. The lowest BCUT2D eigenvalue weighted by atomic mass is 9.94. The van der Waals surface area contributed by atoms with Crippen molar-refractivity contribution in [1.82, 2.24) is 0 Å². The van der Waals surface area contributed by atoms with E-state index in [1.807, 2.05) is 0 Å². The second kappa shape index (κ2) is 3.48. The highest BCUT2D eigenvalue weighted by Gasteiger charge is 2.66. The average molecular weight is 210 g/mol. The van der Waals surface area contributed by atoms with E-state index in [-0.39, 0.29) is 6.10 Å². The highest BCUT2D eigenvalue weighted by Crippen LogP contribution is 2.70. The van der Waals surface area contributed by atoms with Crippen LogP contribution in [0.25, 0.3) is 0 Å². The van der Waals surface area contributed by atoms with Crippen molar-refractivity contribution in [3.63, 3.8) is 0 Å². The van der Waals surface area contributed by atoms with Gasteiger partial charge in [0.2, 0.25) is 0 Å². The first kappa shape index (κ1) is 11.4. The van der Waals surface area contributed by atoms with Crippen molar-refractivity contribution in [1.29, 1.82) is 0 Å². The van der Waals surface area contributed by atoms with E-state index in [1.165, 1.54) is 25.7 Å². The minimum absolute atomic E-state index is 0.0573. The SMILES string of the molecule is CC1(C)C(C(O)CC2CCCC2)C1(C)C. The number of aliphatic hydroxyl groups is 1. The molecule has 0 radical (unpaired) electrons. The van der Waals surface area contributed by atoms with Crippen molar-refractivity contribution in [3.8, 4) is 0 Å². The normalized spacial score (nSPS) is 31.8. The van der Waals surface area contributed by atoms with Crippen LogP contribution in [0, 0.1) is 22.7 Å². The number of aliphatic hydroxyl groups excluding tert-OH is 1. The van der Waals surface area contributed by atoms with E-state index in [4.69, 9.17) is 0 Å². The lowest BCUT2D eigenvalue weighted by Gasteiger charge is -2.17. The minimum atomic E-state index is -0.0573. The molecule has 2 fully saturated rings. The van der Waals surface area contributed by atoms with Gasteiger partial charge in [0, 0.05) is 0 Å². The van der Waals surface area contributed by atoms with E-state index in [9.17, 15) is 5.11 Å². The molecular weight excluding hydrogens is 184 g/mol. The quantitative estimate of drug-likeness (QED) is 0.754. The highest BCUT2D eigenvalue weighted by atomic mass is 16.3. The molecule has 2 saturated carbocycles. The summed E-state index contributed by atoms with van der Waals surface area (Å²) in [6, 6.07) is 0. The number of hydrogen-bond donors (Lipinski definition) is 1. The zero-order valence-corrected chi connectivity index (χ0v) is 10.7. The van der Waals surface area contributed by atoms with Gasteiger partial charge in [0.05, 0.1) is 6.10 Å². The van der Waals surface area contributed by atoms with Gasteiger partial charge >= 0.3 is 0 Å². The summed E-state index contributed by atoms with van der Waals surface area (Å²) in [6.45, 7) is 9.20. The van der Waals surface area contributed by atoms with Gasteiger partial charge in [-0.15, -0.1) is 0 Å². The van der Waals surface area contributed by atoms with Gasteiger partial charge in [0.1, 0.15) is 0 Å². The van der Waals surface area contributed by atoms with Gasteiger partial charge in [-0.1, -0.05) is 53.4 Å². The van der Waals surface area contributed by atoms with E-state index < -0.39 is 0 Å². The molecule has 0 aromatic rings. The van der Waals surface area contributed by atoms with Crippen LogP contribution in [0.5, 0.6) is 0 Å². The summed E-state index contributed by atoms with van der Waals surface area (Å²) < 4.78 is 0. The Morgan fingerprint density at radius 2 is 1.53 bits per heavy atom. The van der Waals surface area contributed by atoms with Crippen molar-refractivity contribution >= 4 is 0 Å². The first-order chi connectivity index (χ1) is 6.87. The molecule has 1 N–H and O–H groups in total. The Kier molecular flexibility index (Phi) is 2.65.